The summed E-state index contributed by atoms with van der Waals surface area (Å²) in [5.41, 5.74) is 11.5. The maximum absolute atomic E-state index is 6.41. The lowest BCUT2D eigenvalue weighted by Gasteiger charge is -2.32. The average molecular weight is 865 g/mol. The van der Waals surface area contributed by atoms with E-state index in [1.54, 1.807) is 0 Å². The lowest BCUT2D eigenvalue weighted by Crippen LogP contribution is -2.41. The van der Waals surface area contributed by atoms with Crippen molar-refractivity contribution < 1.29 is 18.6 Å². The molecule has 0 unspecified atom stereocenters. The third-order valence-electron chi connectivity index (χ3n) is 14.7. The van der Waals surface area contributed by atoms with Gasteiger partial charge in [-0.1, -0.05) is 109 Å². The zero-order valence-corrected chi connectivity index (χ0v) is 39.0. The van der Waals surface area contributed by atoms with Crippen molar-refractivity contribution in [3.05, 3.63) is 182 Å². The topological polar surface area (TPSA) is 45.1 Å². The first kappa shape index (κ1) is 42.2. The standard InChI is InChI=1S/C58H54B2N2O4/c1-55(2)56(3,4)64-59(63-55)45-25-31-48(32-26-45)61(49-33-27-46(28-34-49)60-65-57(5,6)58(7,8)66-60)47-29-22-40(23-30-47)44-24-35-54-52(38-44)51-18-11-12-19-53(51)62(54)50-17-13-16-42(37-50)43-21-20-39-14-9-10-15-41(39)36-43/h9-38H,1-8H3. The van der Waals surface area contributed by atoms with Crippen molar-refractivity contribution >= 4 is 74.8 Å². The molecular formula is C58H54B2N2O4. The molecule has 0 radical (unpaired) electrons. The summed E-state index contributed by atoms with van der Waals surface area (Å²) in [4.78, 5) is 2.29. The van der Waals surface area contributed by atoms with Crippen LogP contribution in [0.4, 0.5) is 17.1 Å². The smallest absolute Gasteiger partial charge is 0.399 e. The van der Waals surface area contributed by atoms with Crippen LogP contribution in [0.15, 0.2) is 182 Å². The Balaban J connectivity index is 0.935. The van der Waals surface area contributed by atoms with Crippen molar-refractivity contribution in [3.63, 3.8) is 0 Å². The molecule has 2 fully saturated rings. The van der Waals surface area contributed by atoms with Crippen LogP contribution in [0.2, 0.25) is 0 Å². The average Bonchev–Trinajstić information content (AvgIpc) is 3.86. The Hall–Kier alpha value is -6.41. The highest BCUT2D eigenvalue weighted by Gasteiger charge is 2.52. The van der Waals surface area contributed by atoms with Gasteiger partial charge in [0.25, 0.3) is 0 Å². The fourth-order valence-corrected chi connectivity index (χ4v) is 9.39. The first-order valence-corrected chi connectivity index (χ1v) is 23.1. The van der Waals surface area contributed by atoms with Crippen LogP contribution in [0, 0.1) is 0 Å². The summed E-state index contributed by atoms with van der Waals surface area (Å²) in [5, 5.41) is 4.93. The molecule has 0 bridgehead atoms. The molecule has 3 heterocycles. The van der Waals surface area contributed by atoms with Gasteiger partial charge in [0.2, 0.25) is 0 Å². The molecule has 0 aliphatic carbocycles. The summed E-state index contributed by atoms with van der Waals surface area (Å²) < 4.78 is 28.0. The van der Waals surface area contributed by atoms with Crippen LogP contribution in [-0.2, 0) is 18.6 Å². The summed E-state index contributed by atoms with van der Waals surface area (Å²) in [5.74, 6) is 0. The molecule has 2 aliphatic rings. The van der Waals surface area contributed by atoms with Crippen molar-refractivity contribution in [2.24, 2.45) is 0 Å². The molecule has 0 saturated carbocycles. The maximum Gasteiger partial charge on any atom is 0.494 e. The number of hydrogen-bond donors (Lipinski definition) is 0. The molecule has 11 rings (SSSR count). The predicted octanol–water partition coefficient (Wildman–Crippen LogP) is 13.3. The van der Waals surface area contributed by atoms with Gasteiger partial charge in [0.15, 0.2) is 0 Å². The van der Waals surface area contributed by atoms with E-state index in [4.69, 9.17) is 18.6 Å². The van der Waals surface area contributed by atoms with Gasteiger partial charge in [-0.25, -0.2) is 0 Å². The zero-order valence-electron chi connectivity index (χ0n) is 39.0. The highest BCUT2D eigenvalue weighted by molar-refractivity contribution is 6.62. The quantitative estimate of drug-likeness (QED) is 0.142. The second-order valence-corrected chi connectivity index (χ2v) is 19.9. The molecule has 8 aromatic carbocycles. The van der Waals surface area contributed by atoms with Gasteiger partial charge in [-0.15, -0.1) is 0 Å². The molecule has 326 valence electrons. The third kappa shape index (κ3) is 7.24. The molecule has 2 aliphatic heterocycles. The normalized spacial score (nSPS) is 17.3. The molecule has 0 amide bonds. The Bertz CT molecular complexity index is 3170. The first-order valence-electron chi connectivity index (χ1n) is 23.1. The Kier molecular flexibility index (Phi) is 9.99. The molecule has 6 nitrogen and oxygen atoms in total. The van der Waals surface area contributed by atoms with Crippen molar-refractivity contribution in [1.29, 1.82) is 0 Å². The van der Waals surface area contributed by atoms with Gasteiger partial charge in [0.05, 0.1) is 33.4 Å². The van der Waals surface area contributed by atoms with Gasteiger partial charge in [-0.3, -0.25) is 0 Å². The fraction of sp³-hybridized carbons (Fsp3) is 0.207. The largest absolute Gasteiger partial charge is 0.494 e. The second kappa shape index (κ2) is 15.6. The number of aromatic nitrogens is 1. The van der Waals surface area contributed by atoms with Crippen LogP contribution in [0.25, 0.3) is 60.5 Å². The third-order valence-corrected chi connectivity index (χ3v) is 14.7. The van der Waals surface area contributed by atoms with E-state index >= 15 is 0 Å². The highest BCUT2D eigenvalue weighted by Crippen LogP contribution is 2.41. The fourth-order valence-electron chi connectivity index (χ4n) is 9.39. The molecule has 0 spiro atoms. The van der Waals surface area contributed by atoms with Gasteiger partial charge in [0, 0.05) is 33.5 Å². The van der Waals surface area contributed by atoms with E-state index in [-0.39, 0.29) is 0 Å². The Morgan fingerprint density at radius 1 is 0.364 bits per heavy atom. The molecule has 1 aromatic heterocycles. The van der Waals surface area contributed by atoms with Crippen LogP contribution in [0.1, 0.15) is 55.4 Å². The summed E-state index contributed by atoms with van der Waals surface area (Å²) in [6, 6.07) is 65.7. The van der Waals surface area contributed by atoms with Crippen LogP contribution >= 0.6 is 0 Å². The van der Waals surface area contributed by atoms with Gasteiger partial charge in [-0.05, 0) is 172 Å². The van der Waals surface area contributed by atoms with Crippen LogP contribution in [0.3, 0.4) is 0 Å². The van der Waals surface area contributed by atoms with E-state index in [1.165, 1.54) is 43.7 Å². The molecular weight excluding hydrogens is 810 g/mol. The molecule has 9 aromatic rings. The molecule has 0 N–H and O–H groups in total. The van der Waals surface area contributed by atoms with Gasteiger partial charge >= 0.3 is 14.2 Å². The minimum absolute atomic E-state index is 0.421. The minimum Gasteiger partial charge on any atom is -0.399 e. The van der Waals surface area contributed by atoms with E-state index < -0.39 is 36.6 Å². The van der Waals surface area contributed by atoms with Crippen molar-refractivity contribution in [2.75, 3.05) is 4.90 Å². The van der Waals surface area contributed by atoms with Crippen LogP contribution in [-0.4, -0.2) is 41.2 Å². The molecule has 2 saturated heterocycles. The van der Waals surface area contributed by atoms with E-state index in [0.717, 1.165) is 44.8 Å². The van der Waals surface area contributed by atoms with Gasteiger partial charge in [-0.2, -0.15) is 0 Å². The SMILES string of the molecule is CC1(C)OB(c2ccc(N(c3ccc(B4OC(C)(C)C(C)(C)O4)cc3)c3ccc(-c4ccc5c(c4)c4ccccc4n5-c4cccc(-c5ccc6ccccc6c5)c4)cc3)cc2)OC1(C)C. The molecule has 66 heavy (non-hydrogen) atoms. The maximum atomic E-state index is 6.41. The zero-order chi connectivity index (χ0) is 45.6. The number of nitrogens with zero attached hydrogens (tertiary/aromatic N) is 2. The van der Waals surface area contributed by atoms with Crippen LogP contribution < -0.4 is 15.8 Å². The van der Waals surface area contributed by atoms with Crippen LogP contribution in [0.5, 0.6) is 0 Å². The Labute approximate surface area is 389 Å². The number of fused-ring (bicyclic) bond motifs is 4. The van der Waals surface area contributed by atoms with E-state index in [9.17, 15) is 0 Å². The number of para-hydroxylation sites is 1. The summed E-state index contributed by atoms with van der Waals surface area (Å²) >= 11 is 0. The van der Waals surface area contributed by atoms with E-state index in [2.05, 4.69) is 247 Å². The number of rotatable bonds is 8. The summed E-state index contributed by atoms with van der Waals surface area (Å²) in [6.07, 6.45) is 0. The van der Waals surface area contributed by atoms with Crippen molar-refractivity contribution in [2.45, 2.75) is 77.8 Å². The van der Waals surface area contributed by atoms with Crippen molar-refractivity contribution in [1.82, 2.24) is 4.57 Å². The first-order chi connectivity index (χ1) is 31.6. The number of anilines is 3. The Morgan fingerprint density at radius 2 is 0.818 bits per heavy atom. The monoisotopic (exact) mass is 864 g/mol. The van der Waals surface area contributed by atoms with Gasteiger partial charge < -0.3 is 28.1 Å². The van der Waals surface area contributed by atoms with E-state index in [0.29, 0.717) is 0 Å². The van der Waals surface area contributed by atoms with E-state index in [1.807, 2.05) is 0 Å². The summed E-state index contributed by atoms with van der Waals surface area (Å²) in [7, 11) is -0.884. The summed E-state index contributed by atoms with van der Waals surface area (Å²) in [6.45, 7) is 16.7. The predicted molar refractivity (Wildman–Crippen MR) is 275 cm³/mol. The van der Waals surface area contributed by atoms with Crippen molar-refractivity contribution in [3.8, 4) is 27.9 Å². The molecule has 8 heteroatoms. The molecule has 0 atom stereocenters. The van der Waals surface area contributed by atoms with Gasteiger partial charge in [0.1, 0.15) is 0 Å². The number of benzene rings is 8. The lowest BCUT2D eigenvalue weighted by atomic mass is 9.79. The lowest BCUT2D eigenvalue weighted by molar-refractivity contribution is 0.00578. The Morgan fingerprint density at radius 3 is 1.41 bits per heavy atom. The minimum atomic E-state index is -0.442. The second-order valence-electron chi connectivity index (χ2n) is 19.9. The number of hydrogen-bond acceptors (Lipinski definition) is 5. The highest BCUT2D eigenvalue weighted by atomic mass is 16.7.